The molecule has 162 valence electrons. The molecule has 0 fully saturated rings. The van der Waals surface area contributed by atoms with Crippen molar-refractivity contribution in [3.05, 3.63) is 63.7 Å². The Labute approximate surface area is 186 Å². The van der Waals surface area contributed by atoms with E-state index >= 15 is 0 Å². The van der Waals surface area contributed by atoms with Crippen LogP contribution in [0.25, 0.3) is 10.9 Å². The number of benzene rings is 1. The van der Waals surface area contributed by atoms with Crippen LogP contribution >= 0.6 is 11.3 Å². The van der Waals surface area contributed by atoms with Gasteiger partial charge in [-0.15, -0.1) is 17.9 Å². The minimum atomic E-state index is -0.473. The lowest BCUT2D eigenvalue weighted by atomic mass is 9.95. The van der Waals surface area contributed by atoms with Gasteiger partial charge in [-0.05, 0) is 67.3 Å². The number of hydrogen-bond acceptors (Lipinski definition) is 3. The molecule has 2 amide bonds. The zero-order chi connectivity index (χ0) is 22.3. The Kier molecular flexibility index (Phi) is 5.75. The lowest BCUT2D eigenvalue weighted by molar-refractivity contribution is 0.100. The summed E-state index contributed by atoms with van der Waals surface area (Å²) in [5.74, 6) is -0.290. The largest absolute Gasteiger partial charge is 0.365 e. The molecule has 0 radical (unpaired) electrons. The van der Waals surface area contributed by atoms with Gasteiger partial charge < -0.3 is 15.6 Å². The van der Waals surface area contributed by atoms with Gasteiger partial charge in [0.1, 0.15) is 10.7 Å². The molecule has 31 heavy (non-hydrogen) atoms. The second-order valence-corrected chi connectivity index (χ2v) is 9.64. The lowest BCUT2D eigenvalue weighted by Crippen LogP contribution is -2.21. The Bertz CT molecular complexity index is 1200. The van der Waals surface area contributed by atoms with E-state index in [2.05, 4.69) is 43.9 Å². The summed E-state index contributed by atoms with van der Waals surface area (Å²) in [5, 5.41) is 4.67. The minimum Gasteiger partial charge on any atom is -0.365 e. The maximum atomic E-state index is 13.5. The molecule has 0 spiro atoms. The number of nitrogens with one attached hydrogen (secondary N) is 1. The summed E-state index contributed by atoms with van der Waals surface area (Å²) >= 11 is 1.49. The molecule has 2 aromatic heterocycles. The fourth-order valence-electron chi connectivity index (χ4n) is 4.59. The number of rotatable bonds is 6. The molecular formula is C25H29N3O2S. The molecule has 0 saturated heterocycles. The molecule has 3 N–H and O–H groups in total. The summed E-state index contributed by atoms with van der Waals surface area (Å²) in [7, 11) is 0. The van der Waals surface area contributed by atoms with Crippen molar-refractivity contribution >= 4 is 39.1 Å². The molecule has 1 aromatic carbocycles. The highest BCUT2D eigenvalue weighted by atomic mass is 32.1. The van der Waals surface area contributed by atoms with E-state index in [1.807, 2.05) is 11.5 Å². The summed E-state index contributed by atoms with van der Waals surface area (Å²) in [5.41, 5.74) is 11.0. The number of fused-ring (bicyclic) bond motifs is 2. The van der Waals surface area contributed by atoms with Crippen LogP contribution in [0.1, 0.15) is 75.0 Å². The van der Waals surface area contributed by atoms with E-state index in [-0.39, 0.29) is 5.91 Å². The van der Waals surface area contributed by atoms with Crippen LogP contribution in [0, 0.1) is 6.92 Å². The van der Waals surface area contributed by atoms with Gasteiger partial charge in [-0.1, -0.05) is 26.0 Å². The van der Waals surface area contributed by atoms with Gasteiger partial charge in [0.2, 0.25) is 0 Å². The monoisotopic (exact) mass is 435 g/mol. The average molecular weight is 436 g/mol. The molecule has 0 aliphatic heterocycles. The topological polar surface area (TPSA) is 77.1 Å². The zero-order valence-electron chi connectivity index (χ0n) is 18.4. The van der Waals surface area contributed by atoms with Crippen molar-refractivity contribution in [1.82, 2.24) is 4.57 Å². The van der Waals surface area contributed by atoms with Crippen LogP contribution in [0.2, 0.25) is 0 Å². The molecule has 2 heterocycles. The van der Waals surface area contributed by atoms with Gasteiger partial charge in [0.25, 0.3) is 11.8 Å². The maximum Gasteiger partial charge on any atom is 0.273 e. The number of thiophene rings is 1. The standard InChI is InChI=1S/C25H29N3O2S/c1-5-12-28-19-11-10-16(14(2)3)13-18(19)15(4)22(28)24(30)27-25-21(23(26)29)17-8-6-7-9-20(17)31-25/h5,10-11,13-14H,1,6-9,12H2,2-4H3,(H2,26,29)(H,27,30). The SMILES string of the molecule is C=CCn1c(C(=O)Nc2sc3c(c2C(N)=O)CCCC3)c(C)c2cc(C(C)C)ccc21. The Hall–Kier alpha value is -2.86. The number of aromatic nitrogens is 1. The Morgan fingerprint density at radius 1 is 1.29 bits per heavy atom. The Balaban J connectivity index is 1.80. The fraction of sp³-hybridized carbons (Fsp3) is 0.360. The first-order chi connectivity index (χ1) is 14.8. The van der Waals surface area contributed by atoms with E-state index in [1.165, 1.54) is 21.8 Å². The van der Waals surface area contributed by atoms with Crippen LogP contribution in [0.4, 0.5) is 5.00 Å². The third kappa shape index (κ3) is 3.69. The quantitative estimate of drug-likeness (QED) is 0.498. The van der Waals surface area contributed by atoms with Crippen molar-refractivity contribution in [2.24, 2.45) is 5.73 Å². The molecule has 0 unspecified atom stereocenters. The first-order valence-corrected chi connectivity index (χ1v) is 11.6. The number of nitrogens with two attached hydrogens (primary N) is 1. The van der Waals surface area contributed by atoms with Crippen LogP contribution in [0.15, 0.2) is 30.9 Å². The summed E-state index contributed by atoms with van der Waals surface area (Å²) in [6.45, 7) is 10.7. The van der Waals surface area contributed by atoms with Gasteiger partial charge >= 0.3 is 0 Å². The van der Waals surface area contributed by atoms with E-state index in [4.69, 9.17) is 5.73 Å². The van der Waals surface area contributed by atoms with Crippen LogP contribution in [0.3, 0.4) is 0 Å². The van der Waals surface area contributed by atoms with E-state index in [9.17, 15) is 9.59 Å². The number of primary amides is 1. The highest BCUT2D eigenvalue weighted by Crippen LogP contribution is 2.38. The summed E-state index contributed by atoms with van der Waals surface area (Å²) in [4.78, 5) is 26.9. The van der Waals surface area contributed by atoms with Gasteiger partial charge in [-0.3, -0.25) is 9.59 Å². The number of allylic oxidation sites excluding steroid dienone is 1. The number of hydrogen-bond donors (Lipinski definition) is 2. The summed E-state index contributed by atoms with van der Waals surface area (Å²) < 4.78 is 1.99. The molecule has 0 saturated carbocycles. The van der Waals surface area contributed by atoms with Gasteiger partial charge in [0, 0.05) is 22.3 Å². The van der Waals surface area contributed by atoms with Gasteiger partial charge in [0.05, 0.1) is 5.56 Å². The van der Waals surface area contributed by atoms with Crippen LogP contribution < -0.4 is 11.1 Å². The van der Waals surface area contributed by atoms with Gasteiger partial charge in [-0.25, -0.2) is 0 Å². The molecule has 5 nitrogen and oxygen atoms in total. The predicted molar refractivity (Wildman–Crippen MR) is 128 cm³/mol. The first kappa shape index (κ1) is 21.4. The van der Waals surface area contributed by atoms with Crippen molar-refractivity contribution < 1.29 is 9.59 Å². The maximum absolute atomic E-state index is 13.5. The third-order valence-corrected chi connectivity index (χ3v) is 7.39. The number of nitrogens with zero attached hydrogens (tertiary/aromatic N) is 1. The van der Waals surface area contributed by atoms with E-state index in [1.54, 1.807) is 6.08 Å². The van der Waals surface area contributed by atoms with Crippen LogP contribution in [-0.2, 0) is 19.4 Å². The average Bonchev–Trinajstić information content (AvgIpc) is 3.23. The number of anilines is 1. The predicted octanol–water partition coefficient (Wildman–Crippen LogP) is 5.55. The number of amides is 2. The van der Waals surface area contributed by atoms with Crippen molar-refractivity contribution in [1.29, 1.82) is 0 Å². The van der Waals surface area contributed by atoms with Crippen molar-refractivity contribution in [3.63, 3.8) is 0 Å². The third-order valence-electron chi connectivity index (χ3n) is 6.18. The number of aryl methyl sites for hydroxylation is 2. The number of carbonyl (C=O) groups excluding carboxylic acids is 2. The molecule has 1 aliphatic rings. The second-order valence-electron chi connectivity index (χ2n) is 8.54. The minimum absolute atomic E-state index is 0.220. The van der Waals surface area contributed by atoms with Crippen LogP contribution in [-0.4, -0.2) is 16.4 Å². The second kappa shape index (κ2) is 8.35. The molecule has 3 aromatic rings. The van der Waals surface area contributed by atoms with Crippen molar-refractivity contribution in [2.45, 2.75) is 58.9 Å². The lowest BCUT2D eigenvalue weighted by Gasteiger charge is -2.12. The molecular weight excluding hydrogens is 406 g/mol. The highest BCUT2D eigenvalue weighted by Gasteiger charge is 2.27. The Morgan fingerprint density at radius 3 is 2.71 bits per heavy atom. The first-order valence-electron chi connectivity index (χ1n) is 10.8. The normalized spacial score (nSPS) is 13.4. The highest BCUT2D eigenvalue weighted by molar-refractivity contribution is 7.17. The van der Waals surface area contributed by atoms with E-state index in [0.717, 1.165) is 47.7 Å². The summed E-state index contributed by atoms with van der Waals surface area (Å²) in [6, 6.07) is 6.37. The van der Waals surface area contributed by atoms with Gasteiger partial charge in [0.15, 0.2) is 0 Å². The molecule has 0 bridgehead atoms. The Morgan fingerprint density at radius 2 is 2.03 bits per heavy atom. The van der Waals surface area contributed by atoms with Gasteiger partial charge in [-0.2, -0.15) is 0 Å². The molecule has 6 heteroatoms. The number of carbonyl (C=O) groups is 2. The van der Waals surface area contributed by atoms with E-state index < -0.39 is 5.91 Å². The van der Waals surface area contributed by atoms with E-state index in [0.29, 0.717) is 28.7 Å². The molecule has 0 atom stereocenters. The fourth-order valence-corrected chi connectivity index (χ4v) is 5.88. The van der Waals surface area contributed by atoms with Crippen LogP contribution in [0.5, 0.6) is 0 Å². The van der Waals surface area contributed by atoms with Crippen molar-refractivity contribution in [3.8, 4) is 0 Å². The summed E-state index contributed by atoms with van der Waals surface area (Å²) in [6.07, 6.45) is 5.72. The zero-order valence-corrected chi connectivity index (χ0v) is 19.2. The smallest absolute Gasteiger partial charge is 0.273 e. The molecule has 4 rings (SSSR count). The van der Waals surface area contributed by atoms with Crippen molar-refractivity contribution in [2.75, 3.05) is 5.32 Å². The molecule has 1 aliphatic carbocycles.